The zero-order valence-corrected chi connectivity index (χ0v) is 18.0. The number of halogens is 11. The van der Waals surface area contributed by atoms with Crippen LogP contribution in [0, 0.1) is 23.0 Å². The summed E-state index contributed by atoms with van der Waals surface area (Å²) in [7, 11) is 0. The largest absolute Gasteiger partial charge is 0.456 e. The van der Waals surface area contributed by atoms with Crippen LogP contribution in [0.2, 0.25) is 0 Å². The lowest BCUT2D eigenvalue weighted by Crippen LogP contribution is -2.19. The molecule has 3 aromatic rings. The van der Waals surface area contributed by atoms with Gasteiger partial charge in [0.15, 0.2) is 5.82 Å². The fourth-order valence-corrected chi connectivity index (χ4v) is 3.09. The average molecular weight is 554 g/mol. The highest BCUT2D eigenvalue weighted by atomic mass is 19.4. The van der Waals surface area contributed by atoms with Gasteiger partial charge in [0.05, 0.1) is 22.3 Å². The summed E-state index contributed by atoms with van der Waals surface area (Å²) in [5.41, 5.74) is -8.38. The molecule has 0 aliphatic carbocycles. The van der Waals surface area contributed by atoms with E-state index in [-0.39, 0.29) is 24.3 Å². The monoisotopic (exact) mass is 554 g/mol. The van der Waals surface area contributed by atoms with Crippen molar-refractivity contribution in [3.8, 4) is 17.6 Å². The highest BCUT2D eigenvalue weighted by Crippen LogP contribution is 2.43. The molecule has 0 radical (unpaired) electrons. The van der Waals surface area contributed by atoms with Crippen LogP contribution in [-0.2, 0) is 18.5 Å². The minimum atomic E-state index is -5.47. The van der Waals surface area contributed by atoms with Crippen molar-refractivity contribution in [1.82, 2.24) is 0 Å². The number of amides is 1. The Kier molecular flexibility index (Phi) is 7.31. The summed E-state index contributed by atoms with van der Waals surface area (Å²) in [6, 6.07) is 4.05. The number of hydrogen-bond acceptors (Lipinski definition) is 3. The average Bonchev–Trinajstić information content (AvgIpc) is 2.78. The van der Waals surface area contributed by atoms with Gasteiger partial charge in [-0.15, -0.1) is 0 Å². The minimum absolute atomic E-state index is 0.0461. The number of hydrogen-bond donors (Lipinski definition) is 1. The Morgan fingerprint density at radius 3 is 1.92 bits per heavy atom. The van der Waals surface area contributed by atoms with E-state index in [9.17, 15) is 53.1 Å². The number of benzene rings is 3. The van der Waals surface area contributed by atoms with Crippen molar-refractivity contribution in [3.63, 3.8) is 0 Å². The third-order valence-corrected chi connectivity index (χ3v) is 4.81. The third kappa shape index (κ3) is 5.96. The maximum Gasteiger partial charge on any atom is 0.420 e. The Bertz CT molecular complexity index is 1440. The van der Waals surface area contributed by atoms with Crippen molar-refractivity contribution in [3.05, 3.63) is 88.0 Å². The molecule has 0 saturated heterocycles. The summed E-state index contributed by atoms with van der Waals surface area (Å²) >= 11 is 0. The van der Waals surface area contributed by atoms with Crippen molar-refractivity contribution in [2.24, 2.45) is 0 Å². The van der Waals surface area contributed by atoms with Gasteiger partial charge in [0.1, 0.15) is 28.9 Å². The minimum Gasteiger partial charge on any atom is -0.456 e. The molecule has 200 valence electrons. The Morgan fingerprint density at radius 1 is 0.763 bits per heavy atom. The summed E-state index contributed by atoms with van der Waals surface area (Å²) in [6.07, 6.45) is -16.1. The van der Waals surface area contributed by atoms with Crippen LogP contribution in [0.1, 0.15) is 32.6 Å². The van der Waals surface area contributed by atoms with Crippen LogP contribution >= 0.6 is 0 Å². The van der Waals surface area contributed by atoms with Crippen LogP contribution in [0.3, 0.4) is 0 Å². The van der Waals surface area contributed by atoms with Crippen LogP contribution in [-0.4, -0.2) is 5.91 Å². The van der Waals surface area contributed by atoms with Gasteiger partial charge < -0.3 is 10.1 Å². The second kappa shape index (κ2) is 9.84. The van der Waals surface area contributed by atoms with E-state index in [2.05, 4.69) is 0 Å². The zero-order chi connectivity index (χ0) is 28.6. The summed E-state index contributed by atoms with van der Waals surface area (Å²) in [4.78, 5) is 12.7. The van der Waals surface area contributed by atoms with Gasteiger partial charge in [-0.1, -0.05) is 0 Å². The maximum atomic E-state index is 14.9. The fourth-order valence-electron chi connectivity index (χ4n) is 3.09. The molecule has 15 heteroatoms. The van der Waals surface area contributed by atoms with Crippen molar-refractivity contribution in [1.29, 1.82) is 5.26 Å². The molecule has 0 aromatic heterocycles. The number of carbonyl (C=O) groups is 1. The molecule has 0 heterocycles. The van der Waals surface area contributed by atoms with Gasteiger partial charge in [-0.3, -0.25) is 4.79 Å². The van der Waals surface area contributed by atoms with Gasteiger partial charge in [0.2, 0.25) is 0 Å². The lowest BCUT2D eigenvalue weighted by molar-refractivity contribution is -0.143. The molecular formula is C23H9F11N2O2. The van der Waals surface area contributed by atoms with Crippen LogP contribution in [0.4, 0.5) is 54.0 Å². The van der Waals surface area contributed by atoms with Crippen molar-refractivity contribution < 1.29 is 57.8 Å². The van der Waals surface area contributed by atoms with E-state index in [1.54, 1.807) is 0 Å². The van der Waals surface area contributed by atoms with E-state index in [0.717, 1.165) is 12.1 Å². The number of alkyl halides is 9. The maximum absolute atomic E-state index is 14.9. The van der Waals surface area contributed by atoms with E-state index in [0.29, 0.717) is 12.1 Å². The number of nitrogens with zero attached hydrogens (tertiary/aromatic N) is 1. The van der Waals surface area contributed by atoms with E-state index in [1.807, 2.05) is 5.32 Å². The molecule has 1 N–H and O–H groups in total. The number of nitriles is 1. The summed E-state index contributed by atoms with van der Waals surface area (Å²) in [5, 5.41) is 10.7. The number of carbonyl (C=O) groups excluding carboxylic acids is 1. The number of rotatable bonds is 4. The molecule has 3 aromatic carbocycles. The van der Waals surface area contributed by atoms with Crippen molar-refractivity contribution in [2.45, 2.75) is 18.5 Å². The molecule has 4 nitrogen and oxygen atoms in total. The summed E-state index contributed by atoms with van der Waals surface area (Å²) in [5.74, 6) is -7.65. The number of nitrogens with one attached hydrogen (secondary N) is 1. The van der Waals surface area contributed by atoms with Crippen molar-refractivity contribution >= 4 is 11.6 Å². The van der Waals surface area contributed by atoms with Gasteiger partial charge in [-0.05, 0) is 48.5 Å². The standard InChI is InChI=1S/C23H9F11N2O2/c24-15-4-2-12(7-10(15)9-35)36-20(37)18-17(6-3-13(19(18)25)22(29,30)31)38-16-5-1-11(21(26,27)28)8-14(16)23(32,33)34/h1-8H,(H,36,37). The van der Waals surface area contributed by atoms with Crippen LogP contribution in [0.15, 0.2) is 48.5 Å². The van der Waals surface area contributed by atoms with E-state index < -0.39 is 81.1 Å². The lowest BCUT2D eigenvalue weighted by atomic mass is 10.1. The van der Waals surface area contributed by atoms with Gasteiger partial charge in [-0.2, -0.15) is 44.8 Å². The number of ether oxygens (including phenoxy) is 1. The van der Waals surface area contributed by atoms with Gasteiger partial charge in [0.25, 0.3) is 5.91 Å². The Hall–Kier alpha value is -4.35. The second-order valence-corrected chi connectivity index (χ2v) is 7.37. The summed E-state index contributed by atoms with van der Waals surface area (Å²) in [6.45, 7) is 0. The van der Waals surface area contributed by atoms with Gasteiger partial charge >= 0.3 is 18.5 Å². The highest BCUT2D eigenvalue weighted by Gasteiger charge is 2.40. The van der Waals surface area contributed by atoms with Gasteiger partial charge in [0, 0.05) is 5.69 Å². The molecule has 38 heavy (non-hydrogen) atoms. The highest BCUT2D eigenvalue weighted by molar-refractivity contribution is 6.06. The first-order valence-electron chi connectivity index (χ1n) is 9.80. The SMILES string of the molecule is N#Cc1cc(NC(=O)c2c(Oc3ccc(C(F)(F)F)cc3C(F)(F)F)ccc(C(F)(F)F)c2F)ccc1F. The first-order valence-corrected chi connectivity index (χ1v) is 9.80. The second-order valence-electron chi connectivity index (χ2n) is 7.37. The Labute approximate surface area is 204 Å². The quantitative estimate of drug-likeness (QED) is 0.333. The summed E-state index contributed by atoms with van der Waals surface area (Å²) < 4.78 is 152. The van der Waals surface area contributed by atoms with E-state index >= 15 is 0 Å². The van der Waals surface area contributed by atoms with Gasteiger partial charge in [-0.25, -0.2) is 8.78 Å². The molecule has 0 spiro atoms. The molecule has 0 bridgehead atoms. The molecule has 0 saturated carbocycles. The van der Waals surface area contributed by atoms with E-state index in [1.165, 1.54) is 6.07 Å². The molecule has 0 aliphatic heterocycles. The smallest absolute Gasteiger partial charge is 0.420 e. The zero-order valence-electron chi connectivity index (χ0n) is 18.0. The fraction of sp³-hybridized carbons (Fsp3) is 0.130. The molecule has 0 fully saturated rings. The molecule has 0 atom stereocenters. The van der Waals surface area contributed by atoms with Crippen LogP contribution in [0.5, 0.6) is 11.5 Å². The molecule has 1 amide bonds. The predicted octanol–water partition coefficient (Wildman–Crippen LogP) is 7.94. The Morgan fingerprint density at radius 2 is 1.37 bits per heavy atom. The predicted molar refractivity (Wildman–Crippen MR) is 107 cm³/mol. The molecule has 0 aliphatic rings. The third-order valence-electron chi connectivity index (χ3n) is 4.81. The molecular weight excluding hydrogens is 545 g/mol. The normalized spacial score (nSPS) is 12.2. The van der Waals surface area contributed by atoms with Crippen LogP contribution < -0.4 is 10.1 Å². The van der Waals surface area contributed by atoms with Crippen LogP contribution in [0.25, 0.3) is 0 Å². The lowest BCUT2D eigenvalue weighted by Gasteiger charge is -2.19. The molecule has 0 unspecified atom stereocenters. The number of anilines is 1. The first kappa shape index (κ1) is 28.2. The van der Waals surface area contributed by atoms with Crippen molar-refractivity contribution in [2.75, 3.05) is 5.32 Å². The molecule has 3 rings (SSSR count). The Balaban J connectivity index is 2.16. The first-order chi connectivity index (χ1) is 17.4. The topological polar surface area (TPSA) is 62.1 Å². The van der Waals surface area contributed by atoms with E-state index in [4.69, 9.17) is 10.00 Å².